The molecule has 5 aromatic rings. The Bertz CT molecular complexity index is 1640. The molecule has 0 spiro atoms. The molecule has 0 bridgehead atoms. The summed E-state index contributed by atoms with van der Waals surface area (Å²) in [5, 5.41) is 5.57. The molecular formula is C30H24NOP. The molecule has 0 saturated carbocycles. The number of hydrogen-bond donors (Lipinski definition) is 0. The Labute approximate surface area is 194 Å². The smallest absolute Gasteiger partial charge is 0.103 e. The van der Waals surface area contributed by atoms with Crippen molar-refractivity contribution in [3.63, 3.8) is 0 Å². The molecule has 0 aliphatic heterocycles. The van der Waals surface area contributed by atoms with Gasteiger partial charge in [0.15, 0.2) is 0 Å². The Hall–Kier alpha value is -3.48. The van der Waals surface area contributed by atoms with Crippen LogP contribution in [0.2, 0.25) is 0 Å². The van der Waals surface area contributed by atoms with E-state index in [9.17, 15) is 4.57 Å². The number of rotatable bonds is 3. The van der Waals surface area contributed by atoms with Crippen molar-refractivity contribution < 1.29 is 4.57 Å². The Balaban J connectivity index is 1.79. The fourth-order valence-corrected chi connectivity index (χ4v) is 5.98. The average molecular weight is 446 g/mol. The molecule has 0 radical (unpaired) electrons. The number of nitrogens with zero attached hydrogens (tertiary/aromatic N) is 1. The zero-order valence-electron chi connectivity index (χ0n) is 18.5. The van der Waals surface area contributed by atoms with Gasteiger partial charge in [0.1, 0.15) is 7.80 Å². The van der Waals surface area contributed by atoms with E-state index in [0.29, 0.717) is 6.16 Å². The topological polar surface area (TPSA) is 30.0 Å². The number of hydrogen-bond acceptors (Lipinski definition) is 2. The lowest BCUT2D eigenvalue weighted by atomic mass is 9.91. The van der Waals surface area contributed by atoms with Crippen LogP contribution in [-0.4, -0.2) is 11.1 Å². The summed E-state index contributed by atoms with van der Waals surface area (Å²) in [4.78, 5) is 5.30. The lowest BCUT2D eigenvalue weighted by Crippen LogP contribution is -2.00. The molecule has 33 heavy (non-hydrogen) atoms. The second kappa shape index (κ2) is 8.14. The second-order valence-corrected chi connectivity index (χ2v) is 10.7. The van der Waals surface area contributed by atoms with E-state index in [4.69, 9.17) is 4.98 Å². The van der Waals surface area contributed by atoms with E-state index in [1.54, 1.807) is 0 Å². The highest BCUT2D eigenvalue weighted by Gasteiger charge is 2.17. The average Bonchev–Trinajstić information content (AvgIpc) is 3.13. The van der Waals surface area contributed by atoms with Gasteiger partial charge in [-0.2, -0.15) is 0 Å². The zero-order chi connectivity index (χ0) is 22.4. The predicted octanol–water partition coefficient (Wildman–Crippen LogP) is 7.54. The lowest BCUT2D eigenvalue weighted by molar-refractivity contribution is 0.594. The van der Waals surface area contributed by atoms with Crippen LogP contribution in [0.4, 0.5) is 0 Å². The summed E-state index contributed by atoms with van der Waals surface area (Å²) < 4.78 is 12.7. The maximum atomic E-state index is 12.7. The Kier molecular flexibility index (Phi) is 4.97. The van der Waals surface area contributed by atoms with Gasteiger partial charge in [-0.3, -0.25) is 0 Å². The molecule has 0 saturated heterocycles. The van der Waals surface area contributed by atoms with Crippen LogP contribution in [0.3, 0.4) is 0 Å². The van der Waals surface area contributed by atoms with Crippen molar-refractivity contribution in [2.24, 2.45) is 0 Å². The van der Waals surface area contributed by atoms with Crippen molar-refractivity contribution in [3.8, 4) is 11.1 Å². The summed E-state index contributed by atoms with van der Waals surface area (Å²) in [7, 11) is -1.78. The second-order valence-electron chi connectivity index (χ2n) is 8.55. The van der Waals surface area contributed by atoms with Crippen LogP contribution in [0.15, 0.2) is 91.0 Å². The maximum absolute atomic E-state index is 12.7. The molecule has 1 heterocycles. The number of pyridine rings is 1. The molecule has 0 N–H and O–H groups in total. The first-order valence-electron chi connectivity index (χ1n) is 11.5. The highest BCUT2D eigenvalue weighted by molar-refractivity contribution is 7.53. The van der Waals surface area contributed by atoms with Gasteiger partial charge in [0.05, 0.1) is 11.0 Å². The molecule has 4 aromatic carbocycles. The summed E-state index contributed by atoms with van der Waals surface area (Å²) in [6.07, 6.45) is 10.1. The Morgan fingerprint density at radius 3 is 2.61 bits per heavy atom. The molecule has 2 nitrogen and oxygen atoms in total. The minimum Gasteiger partial charge on any atom is -0.322 e. The fourth-order valence-electron chi connectivity index (χ4n) is 4.97. The van der Waals surface area contributed by atoms with E-state index < -0.39 is 7.80 Å². The molecule has 1 unspecified atom stereocenters. The van der Waals surface area contributed by atoms with Crippen LogP contribution in [-0.2, 0) is 11.0 Å². The van der Waals surface area contributed by atoms with Crippen molar-refractivity contribution in [1.29, 1.82) is 0 Å². The molecule has 1 atom stereocenters. The SMILES string of the molecule is CC[PH](=O)c1cccc(-c2c3ccc4c(c3nc3c2ccc2ccccc23)CC=CC=C4)c1. The highest BCUT2D eigenvalue weighted by atomic mass is 31.1. The molecular weight excluding hydrogens is 421 g/mol. The molecule has 3 heteroatoms. The lowest BCUT2D eigenvalue weighted by Gasteiger charge is -2.17. The summed E-state index contributed by atoms with van der Waals surface area (Å²) in [5.74, 6) is 0. The van der Waals surface area contributed by atoms with Crippen LogP contribution < -0.4 is 5.30 Å². The van der Waals surface area contributed by atoms with Gasteiger partial charge in [-0.1, -0.05) is 98.0 Å². The largest absolute Gasteiger partial charge is 0.322 e. The molecule has 1 aromatic heterocycles. The number of benzene rings is 4. The highest BCUT2D eigenvalue weighted by Crippen LogP contribution is 2.40. The van der Waals surface area contributed by atoms with Crippen LogP contribution in [0.5, 0.6) is 0 Å². The monoisotopic (exact) mass is 445 g/mol. The van der Waals surface area contributed by atoms with E-state index in [-0.39, 0.29) is 0 Å². The van der Waals surface area contributed by atoms with Gasteiger partial charge in [-0.25, -0.2) is 4.98 Å². The zero-order valence-corrected chi connectivity index (χ0v) is 19.5. The summed E-state index contributed by atoms with van der Waals surface area (Å²) in [6.45, 7) is 1.99. The maximum Gasteiger partial charge on any atom is 0.103 e. The van der Waals surface area contributed by atoms with Crippen LogP contribution >= 0.6 is 7.80 Å². The number of fused-ring (bicyclic) bond motifs is 6. The molecule has 1 aliphatic carbocycles. The molecule has 6 rings (SSSR count). The summed E-state index contributed by atoms with van der Waals surface area (Å²) in [5.41, 5.74) is 6.83. The van der Waals surface area contributed by atoms with Crippen LogP contribution in [0.1, 0.15) is 18.1 Å². The van der Waals surface area contributed by atoms with Crippen LogP contribution in [0, 0.1) is 0 Å². The molecule has 0 fully saturated rings. The fraction of sp³-hybridized carbons (Fsp3) is 0.100. The van der Waals surface area contributed by atoms with Gasteiger partial charge in [-0.05, 0) is 40.7 Å². The van der Waals surface area contributed by atoms with Gasteiger partial charge in [0.2, 0.25) is 0 Å². The van der Waals surface area contributed by atoms with Gasteiger partial charge in [-0.15, -0.1) is 0 Å². The van der Waals surface area contributed by atoms with E-state index in [1.165, 1.54) is 22.1 Å². The Morgan fingerprint density at radius 1 is 0.848 bits per heavy atom. The molecule has 160 valence electrons. The first-order valence-corrected chi connectivity index (χ1v) is 13.1. The van der Waals surface area contributed by atoms with Gasteiger partial charge in [0.25, 0.3) is 0 Å². The quantitative estimate of drug-likeness (QED) is 0.163. The Morgan fingerprint density at radius 2 is 1.70 bits per heavy atom. The first kappa shape index (κ1) is 20.1. The minimum atomic E-state index is -1.78. The molecule has 0 amide bonds. The predicted molar refractivity (Wildman–Crippen MR) is 143 cm³/mol. The first-order chi connectivity index (χ1) is 16.2. The van der Waals surface area contributed by atoms with E-state index in [2.05, 4.69) is 85.0 Å². The number of aromatic nitrogens is 1. The van der Waals surface area contributed by atoms with Crippen molar-refractivity contribution in [2.45, 2.75) is 13.3 Å². The third-order valence-corrected chi connectivity index (χ3v) is 8.22. The normalized spacial score (nSPS) is 14.0. The minimum absolute atomic E-state index is 0.683. The molecule has 1 aliphatic rings. The van der Waals surface area contributed by atoms with E-state index in [0.717, 1.165) is 44.5 Å². The standard InChI is InChI=1S/C30H24NOP/c1-2-33(32)23-12-8-11-22(19-23)28-26-17-15-20-9-4-3-5-13-24(20)29(26)31-30-25-14-7-6-10-21(25)16-18-27(28)30/h3-12,14-19,33H,2,13H2,1H3. The van der Waals surface area contributed by atoms with E-state index >= 15 is 0 Å². The number of allylic oxidation sites excluding steroid dienone is 3. The summed E-state index contributed by atoms with van der Waals surface area (Å²) in [6, 6.07) is 25.6. The third-order valence-electron chi connectivity index (χ3n) is 6.62. The van der Waals surface area contributed by atoms with Crippen molar-refractivity contribution in [3.05, 3.63) is 102 Å². The van der Waals surface area contributed by atoms with E-state index in [1.807, 2.05) is 19.1 Å². The van der Waals surface area contributed by atoms with Gasteiger partial charge < -0.3 is 4.57 Å². The van der Waals surface area contributed by atoms with Gasteiger partial charge >= 0.3 is 0 Å². The van der Waals surface area contributed by atoms with Crippen LogP contribution in [0.25, 0.3) is 49.8 Å². The van der Waals surface area contributed by atoms with Gasteiger partial charge in [0, 0.05) is 27.0 Å². The summed E-state index contributed by atoms with van der Waals surface area (Å²) >= 11 is 0. The third kappa shape index (κ3) is 3.34. The van der Waals surface area contributed by atoms with Crippen molar-refractivity contribution >= 4 is 51.8 Å². The van der Waals surface area contributed by atoms with Crippen molar-refractivity contribution in [2.75, 3.05) is 6.16 Å². The van der Waals surface area contributed by atoms with Crippen molar-refractivity contribution in [1.82, 2.24) is 4.98 Å².